The lowest BCUT2D eigenvalue weighted by Crippen LogP contribution is -2.27. The lowest BCUT2D eigenvalue weighted by atomic mass is 10.1. The molecule has 0 bridgehead atoms. The van der Waals surface area contributed by atoms with Crippen LogP contribution in [-0.4, -0.2) is 37.3 Å². The Morgan fingerprint density at radius 2 is 1.70 bits per heavy atom. The Kier molecular flexibility index (Phi) is 5.31. The van der Waals surface area contributed by atoms with Crippen LogP contribution in [0, 0.1) is 0 Å². The van der Waals surface area contributed by atoms with E-state index >= 15 is 0 Å². The van der Waals surface area contributed by atoms with E-state index in [1.807, 2.05) is 49.5 Å². The number of nitrogens with zero attached hydrogens (tertiary/aromatic N) is 3. The summed E-state index contributed by atoms with van der Waals surface area (Å²) in [4.78, 5) is 12.0. The smallest absolute Gasteiger partial charge is 0.155 e. The summed E-state index contributed by atoms with van der Waals surface area (Å²) in [6.07, 6.45) is 0. The van der Waals surface area contributed by atoms with Crippen LogP contribution in [0.25, 0.3) is 28.0 Å². The summed E-state index contributed by atoms with van der Waals surface area (Å²) >= 11 is 0. The Labute approximate surface area is 160 Å². The summed E-state index contributed by atoms with van der Waals surface area (Å²) in [5.41, 5.74) is 4.38. The largest absolute Gasteiger partial charge is 0.497 e. The van der Waals surface area contributed by atoms with Crippen molar-refractivity contribution in [3.8, 4) is 17.0 Å². The number of aromatic nitrogens is 2. The molecule has 3 rings (SSSR count). The molecule has 5 heteroatoms. The minimum absolute atomic E-state index is 0.283. The first-order valence-corrected chi connectivity index (χ1v) is 8.87. The lowest BCUT2D eigenvalue weighted by molar-refractivity contribution is 0.371. The number of hydrogen-bond acceptors (Lipinski definition) is 5. The average Bonchev–Trinajstić information content (AvgIpc) is 2.71. The maximum absolute atomic E-state index is 5.27. The van der Waals surface area contributed by atoms with E-state index < -0.39 is 0 Å². The van der Waals surface area contributed by atoms with Crippen molar-refractivity contribution in [2.24, 2.45) is 0 Å². The van der Waals surface area contributed by atoms with Crippen molar-refractivity contribution in [1.29, 1.82) is 0 Å². The fraction of sp³-hybridized carbons (Fsp3) is 0.273. The number of methoxy groups -OCH3 is 2. The van der Waals surface area contributed by atoms with Gasteiger partial charge in [0.25, 0.3) is 0 Å². The molecule has 0 radical (unpaired) electrons. The molecule has 5 nitrogen and oxygen atoms in total. The van der Waals surface area contributed by atoms with Crippen LogP contribution in [0.1, 0.15) is 19.4 Å². The third kappa shape index (κ3) is 3.72. The fourth-order valence-corrected chi connectivity index (χ4v) is 2.77. The number of anilines is 1. The first-order chi connectivity index (χ1) is 12.9. The Bertz CT molecular complexity index is 965. The predicted molar refractivity (Wildman–Crippen MR) is 111 cm³/mol. The van der Waals surface area contributed by atoms with Gasteiger partial charge in [-0.2, -0.15) is 0 Å². The highest BCUT2D eigenvalue weighted by molar-refractivity contribution is 5.85. The summed E-state index contributed by atoms with van der Waals surface area (Å²) in [7, 11) is 5.31. The molecule has 3 aromatic rings. The number of ether oxygens (including phenoxy) is 2. The summed E-state index contributed by atoms with van der Waals surface area (Å²) in [6.45, 7) is 8.19. The molecule has 0 saturated carbocycles. The van der Waals surface area contributed by atoms with Gasteiger partial charge < -0.3 is 14.4 Å². The molecule has 0 spiro atoms. The van der Waals surface area contributed by atoms with E-state index in [1.165, 1.54) is 0 Å². The molecule has 0 amide bonds. The molecule has 27 heavy (non-hydrogen) atoms. The molecule has 1 heterocycles. The maximum Gasteiger partial charge on any atom is 0.155 e. The second-order valence-corrected chi connectivity index (χ2v) is 6.66. The van der Waals surface area contributed by atoms with Crippen LogP contribution in [0.15, 0.2) is 49.0 Å². The SMILES string of the molecule is C=C(OC)c1ccc2nc(-c3ccc(OC)cc3)c(N(C)C(C)C)nc2c1. The Morgan fingerprint density at radius 3 is 2.30 bits per heavy atom. The summed E-state index contributed by atoms with van der Waals surface area (Å²) in [6, 6.07) is 14.0. The molecular formula is C22H25N3O2. The van der Waals surface area contributed by atoms with E-state index in [-0.39, 0.29) is 6.04 Å². The third-order valence-electron chi connectivity index (χ3n) is 4.69. The van der Waals surface area contributed by atoms with Crippen molar-refractivity contribution < 1.29 is 9.47 Å². The van der Waals surface area contributed by atoms with Gasteiger partial charge in [-0.05, 0) is 56.3 Å². The van der Waals surface area contributed by atoms with Crippen molar-refractivity contribution >= 4 is 22.6 Å². The first-order valence-electron chi connectivity index (χ1n) is 8.87. The Morgan fingerprint density at radius 1 is 1.00 bits per heavy atom. The quantitative estimate of drug-likeness (QED) is 0.591. The fourth-order valence-electron chi connectivity index (χ4n) is 2.77. The van der Waals surface area contributed by atoms with E-state index in [0.29, 0.717) is 5.76 Å². The van der Waals surface area contributed by atoms with Crippen molar-refractivity contribution in [2.45, 2.75) is 19.9 Å². The molecule has 0 atom stereocenters. The van der Waals surface area contributed by atoms with E-state index in [0.717, 1.165) is 39.4 Å². The molecular weight excluding hydrogens is 338 g/mol. The van der Waals surface area contributed by atoms with E-state index in [2.05, 4.69) is 25.3 Å². The molecule has 0 saturated heterocycles. The molecule has 0 aliphatic heterocycles. The number of fused-ring (bicyclic) bond motifs is 1. The van der Waals surface area contributed by atoms with Crippen molar-refractivity contribution in [1.82, 2.24) is 9.97 Å². The Hall–Kier alpha value is -3.08. The molecule has 0 aliphatic rings. The van der Waals surface area contributed by atoms with Gasteiger partial charge in [0.15, 0.2) is 5.82 Å². The van der Waals surface area contributed by atoms with Crippen LogP contribution in [-0.2, 0) is 4.74 Å². The minimum atomic E-state index is 0.283. The summed E-state index contributed by atoms with van der Waals surface area (Å²) < 4.78 is 10.5. The van der Waals surface area contributed by atoms with Crippen LogP contribution in [0.4, 0.5) is 5.82 Å². The highest BCUT2D eigenvalue weighted by Gasteiger charge is 2.17. The van der Waals surface area contributed by atoms with Crippen molar-refractivity contribution in [2.75, 3.05) is 26.2 Å². The highest BCUT2D eigenvalue weighted by Crippen LogP contribution is 2.32. The van der Waals surface area contributed by atoms with Gasteiger partial charge in [0.05, 0.1) is 25.3 Å². The lowest BCUT2D eigenvalue weighted by Gasteiger charge is -2.25. The maximum atomic E-state index is 5.27. The normalized spacial score (nSPS) is 10.9. The molecule has 0 N–H and O–H groups in total. The molecule has 0 aliphatic carbocycles. The third-order valence-corrected chi connectivity index (χ3v) is 4.69. The standard InChI is InChI=1S/C22H25N3O2/c1-14(2)25(4)22-21(16-7-10-18(27-6)11-8-16)23-19-12-9-17(15(3)26-5)13-20(19)24-22/h7-14H,3H2,1-2,4-6H3. The topological polar surface area (TPSA) is 47.5 Å². The van der Waals surface area contributed by atoms with Crippen LogP contribution in [0.3, 0.4) is 0 Å². The molecule has 2 aromatic carbocycles. The zero-order chi connectivity index (χ0) is 19.6. The van der Waals surface area contributed by atoms with Gasteiger partial charge in [0.1, 0.15) is 17.2 Å². The van der Waals surface area contributed by atoms with Gasteiger partial charge in [-0.1, -0.05) is 6.58 Å². The van der Waals surface area contributed by atoms with E-state index in [4.69, 9.17) is 19.4 Å². The molecule has 0 fully saturated rings. The average molecular weight is 363 g/mol. The van der Waals surface area contributed by atoms with Crippen LogP contribution in [0.5, 0.6) is 5.75 Å². The first kappa shape index (κ1) is 18.7. The van der Waals surface area contributed by atoms with Crippen LogP contribution >= 0.6 is 0 Å². The number of rotatable bonds is 6. The zero-order valence-electron chi connectivity index (χ0n) is 16.5. The molecule has 1 aromatic heterocycles. The van der Waals surface area contributed by atoms with Gasteiger partial charge in [0, 0.05) is 24.2 Å². The summed E-state index contributed by atoms with van der Waals surface area (Å²) in [5.74, 6) is 2.26. The zero-order valence-corrected chi connectivity index (χ0v) is 16.5. The van der Waals surface area contributed by atoms with Gasteiger partial charge in [0.2, 0.25) is 0 Å². The minimum Gasteiger partial charge on any atom is -0.497 e. The van der Waals surface area contributed by atoms with Crippen molar-refractivity contribution in [3.63, 3.8) is 0 Å². The Balaban J connectivity index is 2.20. The van der Waals surface area contributed by atoms with Crippen LogP contribution < -0.4 is 9.64 Å². The number of benzene rings is 2. The molecule has 140 valence electrons. The van der Waals surface area contributed by atoms with Crippen molar-refractivity contribution in [3.05, 3.63) is 54.6 Å². The highest BCUT2D eigenvalue weighted by atomic mass is 16.5. The molecule has 0 unspecified atom stereocenters. The second-order valence-electron chi connectivity index (χ2n) is 6.66. The monoisotopic (exact) mass is 363 g/mol. The van der Waals surface area contributed by atoms with E-state index in [1.54, 1.807) is 14.2 Å². The van der Waals surface area contributed by atoms with E-state index in [9.17, 15) is 0 Å². The van der Waals surface area contributed by atoms with Gasteiger partial charge in [-0.15, -0.1) is 0 Å². The summed E-state index contributed by atoms with van der Waals surface area (Å²) in [5, 5.41) is 0. The number of hydrogen-bond donors (Lipinski definition) is 0. The van der Waals surface area contributed by atoms with Gasteiger partial charge in [-0.3, -0.25) is 0 Å². The van der Waals surface area contributed by atoms with Gasteiger partial charge in [-0.25, -0.2) is 9.97 Å². The van der Waals surface area contributed by atoms with Gasteiger partial charge >= 0.3 is 0 Å². The second kappa shape index (κ2) is 7.66. The van der Waals surface area contributed by atoms with Crippen LogP contribution in [0.2, 0.25) is 0 Å². The predicted octanol–water partition coefficient (Wildman–Crippen LogP) is 4.77.